The Morgan fingerprint density at radius 3 is 2.38 bits per heavy atom. The van der Waals surface area contributed by atoms with Crippen LogP contribution in [0, 0.1) is 10.1 Å². The van der Waals surface area contributed by atoms with Gasteiger partial charge in [0, 0.05) is 29.9 Å². The lowest BCUT2D eigenvalue weighted by molar-refractivity contribution is -0.384. The van der Waals surface area contributed by atoms with E-state index in [4.69, 9.17) is 0 Å². The summed E-state index contributed by atoms with van der Waals surface area (Å²) in [7, 11) is 0. The first kappa shape index (κ1) is 23.4. The number of non-ortho nitro benzene ring substituents is 1. The molecule has 0 fully saturated rings. The lowest BCUT2D eigenvalue weighted by atomic mass is 10.1. The second-order valence-electron chi connectivity index (χ2n) is 7.34. The van der Waals surface area contributed by atoms with Crippen molar-refractivity contribution in [2.45, 2.75) is 17.2 Å². The maximum atomic E-state index is 12.3. The minimum absolute atomic E-state index is 0.0337. The molecule has 0 bridgehead atoms. The van der Waals surface area contributed by atoms with Crippen molar-refractivity contribution < 1.29 is 14.5 Å². The van der Waals surface area contributed by atoms with Gasteiger partial charge >= 0.3 is 0 Å². The molecule has 10 heteroatoms. The summed E-state index contributed by atoms with van der Waals surface area (Å²) in [5.74, 6) is -0.130. The predicted octanol–water partition coefficient (Wildman–Crippen LogP) is 5.51. The van der Waals surface area contributed by atoms with E-state index in [1.54, 1.807) is 0 Å². The molecule has 0 spiro atoms. The zero-order chi connectivity index (χ0) is 23.9. The number of amides is 2. The average Bonchev–Trinajstić information content (AvgIpc) is 3.25. The number of nitrogens with zero attached hydrogens (tertiary/aromatic N) is 2. The first-order chi connectivity index (χ1) is 16.5. The quantitative estimate of drug-likeness (QED) is 0.181. The average molecular weight is 493 g/mol. The molecule has 8 nitrogen and oxygen atoms in total. The Kier molecular flexibility index (Phi) is 7.51. The fourth-order valence-corrected chi connectivity index (χ4v) is 5.07. The van der Waals surface area contributed by atoms with Gasteiger partial charge < -0.3 is 10.6 Å². The van der Waals surface area contributed by atoms with Crippen LogP contribution < -0.4 is 10.6 Å². The van der Waals surface area contributed by atoms with Gasteiger partial charge in [0.15, 0.2) is 4.34 Å². The number of hydrogen-bond acceptors (Lipinski definition) is 7. The second-order valence-corrected chi connectivity index (χ2v) is 9.59. The maximum Gasteiger partial charge on any atom is 0.269 e. The lowest BCUT2D eigenvalue weighted by Gasteiger charge is -2.05. The monoisotopic (exact) mass is 492 g/mol. The highest BCUT2D eigenvalue weighted by Gasteiger charge is 2.11. The summed E-state index contributed by atoms with van der Waals surface area (Å²) in [5.41, 5.74) is 3.09. The van der Waals surface area contributed by atoms with Crippen molar-refractivity contribution >= 4 is 62.2 Å². The van der Waals surface area contributed by atoms with Crippen LogP contribution in [0.4, 0.5) is 17.1 Å². The molecule has 0 unspecified atom stereocenters. The highest BCUT2D eigenvalue weighted by molar-refractivity contribution is 8.01. The minimum Gasteiger partial charge on any atom is -0.326 e. The van der Waals surface area contributed by atoms with E-state index in [1.165, 1.54) is 47.4 Å². The molecule has 0 saturated carbocycles. The van der Waals surface area contributed by atoms with Crippen molar-refractivity contribution in [3.05, 3.63) is 88.5 Å². The number of hydrogen-bond donors (Lipinski definition) is 2. The summed E-state index contributed by atoms with van der Waals surface area (Å²) in [5, 5.41) is 16.4. The number of thiazole rings is 1. The fourth-order valence-electron chi connectivity index (χ4n) is 3.16. The summed E-state index contributed by atoms with van der Waals surface area (Å²) >= 11 is 2.75. The summed E-state index contributed by atoms with van der Waals surface area (Å²) in [6, 6.07) is 21.1. The van der Waals surface area contributed by atoms with E-state index in [1.807, 2.05) is 48.5 Å². The van der Waals surface area contributed by atoms with Crippen molar-refractivity contribution in [1.29, 1.82) is 0 Å². The molecule has 0 saturated heterocycles. The summed E-state index contributed by atoms with van der Waals surface area (Å²) < 4.78 is 1.65. The van der Waals surface area contributed by atoms with Gasteiger partial charge in [-0.1, -0.05) is 42.1 Å². The van der Waals surface area contributed by atoms with Gasteiger partial charge in [0.1, 0.15) is 0 Å². The number of rotatable bonds is 9. The van der Waals surface area contributed by atoms with E-state index < -0.39 is 4.92 Å². The third-order valence-electron chi connectivity index (χ3n) is 4.82. The van der Waals surface area contributed by atoms with Crippen molar-refractivity contribution in [2.75, 3.05) is 16.4 Å². The van der Waals surface area contributed by atoms with Crippen molar-refractivity contribution in [3.63, 3.8) is 0 Å². The van der Waals surface area contributed by atoms with E-state index in [-0.39, 0.29) is 23.3 Å². The van der Waals surface area contributed by atoms with Gasteiger partial charge in [0.05, 0.1) is 20.9 Å². The molecule has 0 aliphatic rings. The van der Waals surface area contributed by atoms with Gasteiger partial charge in [-0.3, -0.25) is 19.7 Å². The number of carbonyl (C=O) groups excluding carboxylic acids is 2. The topological polar surface area (TPSA) is 114 Å². The Morgan fingerprint density at radius 1 is 0.941 bits per heavy atom. The molecular weight excluding hydrogens is 472 g/mol. The van der Waals surface area contributed by atoms with Crippen LogP contribution in [0.15, 0.2) is 77.1 Å². The van der Waals surface area contributed by atoms with Crippen LogP contribution in [-0.2, 0) is 16.0 Å². The lowest BCUT2D eigenvalue weighted by Crippen LogP contribution is -2.13. The van der Waals surface area contributed by atoms with Gasteiger partial charge in [0.25, 0.3) is 5.69 Å². The molecule has 0 radical (unpaired) electrons. The normalized spacial score (nSPS) is 10.7. The number of nitro benzene ring substituents is 1. The van der Waals surface area contributed by atoms with Crippen LogP contribution in [0.25, 0.3) is 10.2 Å². The third-order valence-corrected chi connectivity index (χ3v) is 6.99. The Labute approximate surface area is 203 Å². The first-order valence-corrected chi connectivity index (χ1v) is 12.2. The third kappa shape index (κ3) is 6.40. The Balaban J connectivity index is 1.29. The maximum absolute atomic E-state index is 12.3. The molecule has 0 aliphatic heterocycles. The van der Waals surface area contributed by atoms with Crippen molar-refractivity contribution in [1.82, 2.24) is 4.98 Å². The van der Waals surface area contributed by atoms with E-state index in [0.29, 0.717) is 24.2 Å². The highest BCUT2D eigenvalue weighted by atomic mass is 32.2. The van der Waals surface area contributed by atoms with Crippen LogP contribution in [-0.4, -0.2) is 27.5 Å². The van der Waals surface area contributed by atoms with Crippen LogP contribution in [0.5, 0.6) is 0 Å². The SMILES string of the molecule is O=C(CCc1ccccc1)Nc1ccc2nc(SCC(=O)Nc3ccc([N+](=O)[O-])cc3)sc2c1. The molecule has 1 heterocycles. The molecule has 1 aromatic heterocycles. The minimum atomic E-state index is -0.490. The summed E-state index contributed by atoms with van der Waals surface area (Å²) in [4.78, 5) is 39.3. The van der Waals surface area contributed by atoms with Crippen molar-refractivity contribution in [2.24, 2.45) is 0 Å². The predicted molar refractivity (Wildman–Crippen MR) is 135 cm³/mol. The molecule has 0 aliphatic carbocycles. The van der Waals surface area contributed by atoms with Gasteiger partial charge in [-0.25, -0.2) is 4.98 Å². The Bertz CT molecular complexity index is 1320. The van der Waals surface area contributed by atoms with Gasteiger partial charge in [-0.2, -0.15) is 0 Å². The van der Waals surface area contributed by atoms with Crippen LogP contribution in [0.3, 0.4) is 0 Å². The van der Waals surface area contributed by atoms with E-state index in [2.05, 4.69) is 15.6 Å². The molecule has 3 aromatic carbocycles. The zero-order valence-corrected chi connectivity index (χ0v) is 19.5. The van der Waals surface area contributed by atoms with E-state index >= 15 is 0 Å². The molecule has 4 aromatic rings. The molecular formula is C24H20N4O4S2. The smallest absolute Gasteiger partial charge is 0.269 e. The zero-order valence-electron chi connectivity index (χ0n) is 17.9. The molecule has 2 N–H and O–H groups in total. The molecule has 4 rings (SSSR count). The van der Waals surface area contributed by atoms with E-state index in [0.717, 1.165) is 20.1 Å². The Morgan fingerprint density at radius 2 is 1.65 bits per heavy atom. The standard InChI is InChI=1S/C24H20N4O4S2/c29-22(13-6-16-4-2-1-3-5-16)26-18-9-12-20-21(14-18)34-24(27-20)33-15-23(30)25-17-7-10-19(11-8-17)28(31)32/h1-5,7-12,14H,6,13,15H2,(H,25,30)(H,26,29). The van der Waals surface area contributed by atoms with Crippen LogP contribution in [0.1, 0.15) is 12.0 Å². The number of benzene rings is 3. The number of thioether (sulfide) groups is 1. The van der Waals surface area contributed by atoms with Crippen LogP contribution >= 0.6 is 23.1 Å². The molecule has 34 heavy (non-hydrogen) atoms. The van der Waals surface area contributed by atoms with Crippen molar-refractivity contribution in [3.8, 4) is 0 Å². The van der Waals surface area contributed by atoms with Gasteiger partial charge in [-0.05, 0) is 42.3 Å². The number of nitrogens with one attached hydrogen (secondary N) is 2. The highest BCUT2D eigenvalue weighted by Crippen LogP contribution is 2.31. The van der Waals surface area contributed by atoms with Gasteiger partial charge in [-0.15, -0.1) is 11.3 Å². The number of aromatic nitrogens is 1. The van der Waals surface area contributed by atoms with Crippen LogP contribution in [0.2, 0.25) is 0 Å². The summed E-state index contributed by atoms with van der Waals surface area (Å²) in [6.07, 6.45) is 1.08. The van der Waals surface area contributed by atoms with Gasteiger partial charge in [0.2, 0.25) is 11.8 Å². The number of aryl methyl sites for hydroxylation is 1. The second kappa shape index (κ2) is 10.9. The molecule has 172 valence electrons. The number of nitro groups is 1. The Hall–Kier alpha value is -3.76. The summed E-state index contributed by atoms with van der Waals surface area (Å²) in [6.45, 7) is 0. The van der Waals surface area contributed by atoms with E-state index in [9.17, 15) is 19.7 Å². The molecule has 2 amide bonds. The molecule has 0 atom stereocenters. The number of carbonyl (C=O) groups is 2. The fraction of sp³-hybridized carbons (Fsp3) is 0.125. The number of fused-ring (bicyclic) bond motifs is 1. The largest absolute Gasteiger partial charge is 0.326 e. The first-order valence-electron chi connectivity index (χ1n) is 10.4. The number of anilines is 2.